The van der Waals surface area contributed by atoms with Gasteiger partial charge in [-0.2, -0.15) is 9.13 Å². The van der Waals surface area contributed by atoms with E-state index in [9.17, 15) is 18.7 Å². The van der Waals surface area contributed by atoms with E-state index in [2.05, 4.69) is 0 Å². The smallest absolute Gasteiger partial charge is 0.320 e. The SMILES string of the molecule is CC([n+]1ccc(-c2cc[n+](-c3ccc(F)cc3)cc2)cc1)P(=O)(O)O. The van der Waals surface area contributed by atoms with Gasteiger partial charge in [-0.3, -0.25) is 4.57 Å². The molecule has 0 aliphatic carbocycles. The predicted octanol–water partition coefficient (Wildman–Crippen LogP) is 2.75. The van der Waals surface area contributed by atoms with Gasteiger partial charge < -0.3 is 9.79 Å². The van der Waals surface area contributed by atoms with E-state index in [-0.39, 0.29) is 5.82 Å². The Morgan fingerprint density at radius 3 is 1.84 bits per heavy atom. The maximum absolute atomic E-state index is 13.0. The Kier molecular flexibility index (Phi) is 4.77. The number of aromatic nitrogens is 2. The molecular formula is C18H18FN2O3P+2. The van der Waals surface area contributed by atoms with Crippen LogP contribution in [0.1, 0.15) is 12.7 Å². The molecule has 1 atom stereocenters. The third-order valence-electron chi connectivity index (χ3n) is 4.06. The molecule has 25 heavy (non-hydrogen) atoms. The summed E-state index contributed by atoms with van der Waals surface area (Å²) in [4.78, 5) is 18.5. The highest BCUT2D eigenvalue weighted by Gasteiger charge is 2.32. The maximum atomic E-state index is 13.0. The summed E-state index contributed by atoms with van der Waals surface area (Å²) in [5, 5.41) is 0. The van der Waals surface area contributed by atoms with Crippen molar-refractivity contribution in [3.63, 3.8) is 0 Å². The summed E-state index contributed by atoms with van der Waals surface area (Å²) in [7, 11) is -4.18. The summed E-state index contributed by atoms with van der Waals surface area (Å²) in [6.07, 6.45) is 7.06. The number of nitrogens with zero attached hydrogens (tertiary/aromatic N) is 2. The van der Waals surface area contributed by atoms with Crippen LogP contribution >= 0.6 is 7.60 Å². The third-order valence-corrected chi connectivity index (χ3v) is 5.30. The van der Waals surface area contributed by atoms with E-state index in [1.807, 2.05) is 41.2 Å². The molecule has 5 nitrogen and oxygen atoms in total. The van der Waals surface area contributed by atoms with E-state index < -0.39 is 13.4 Å². The van der Waals surface area contributed by atoms with Gasteiger partial charge >= 0.3 is 7.60 Å². The Bertz CT molecular complexity index is 907. The van der Waals surface area contributed by atoms with Gasteiger partial charge in [-0.1, -0.05) is 0 Å². The molecule has 7 heteroatoms. The molecule has 0 saturated heterocycles. The number of rotatable bonds is 4. The Balaban J connectivity index is 1.83. The average Bonchev–Trinajstić information content (AvgIpc) is 2.61. The van der Waals surface area contributed by atoms with E-state index in [0.29, 0.717) is 0 Å². The van der Waals surface area contributed by atoms with Crippen molar-refractivity contribution in [1.29, 1.82) is 0 Å². The molecule has 0 aliphatic heterocycles. The number of pyridine rings is 2. The minimum Gasteiger partial charge on any atom is -0.320 e. The van der Waals surface area contributed by atoms with Crippen LogP contribution in [0.5, 0.6) is 0 Å². The Morgan fingerprint density at radius 1 is 0.880 bits per heavy atom. The normalized spacial score (nSPS) is 12.8. The second-order valence-corrected chi connectivity index (χ2v) is 7.65. The van der Waals surface area contributed by atoms with Crippen molar-refractivity contribution in [1.82, 2.24) is 0 Å². The first-order chi connectivity index (χ1) is 11.8. The average molecular weight is 360 g/mol. The van der Waals surface area contributed by atoms with E-state index in [0.717, 1.165) is 16.8 Å². The highest BCUT2D eigenvalue weighted by Crippen LogP contribution is 2.45. The lowest BCUT2D eigenvalue weighted by Gasteiger charge is -2.09. The lowest BCUT2D eigenvalue weighted by molar-refractivity contribution is -0.701. The van der Waals surface area contributed by atoms with Gasteiger partial charge in [0, 0.05) is 43.3 Å². The third kappa shape index (κ3) is 3.99. The minimum atomic E-state index is -4.18. The zero-order valence-electron chi connectivity index (χ0n) is 13.5. The first-order valence-electron chi connectivity index (χ1n) is 7.68. The van der Waals surface area contributed by atoms with Gasteiger partial charge in [0.25, 0.3) is 5.78 Å². The molecule has 2 N–H and O–H groups in total. The molecule has 3 aromatic rings. The highest BCUT2D eigenvalue weighted by molar-refractivity contribution is 7.51. The van der Waals surface area contributed by atoms with Crippen LogP contribution in [0.25, 0.3) is 16.8 Å². The number of halogens is 1. The van der Waals surface area contributed by atoms with Gasteiger partial charge in [0.1, 0.15) is 5.82 Å². The molecule has 0 fully saturated rings. The summed E-state index contributed by atoms with van der Waals surface area (Å²) < 4.78 is 27.7. The Morgan fingerprint density at radius 2 is 1.36 bits per heavy atom. The van der Waals surface area contributed by atoms with Crippen LogP contribution in [0.2, 0.25) is 0 Å². The molecule has 0 spiro atoms. The molecule has 128 valence electrons. The quantitative estimate of drug-likeness (QED) is 0.555. The van der Waals surface area contributed by atoms with Crippen LogP contribution in [-0.2, 0) is 4.57 Å². The van der Waals surface area contributed by atoms with Gasteiger partial charge in [0.2, 0.25) is 5.69 Å². The van der Waals surface area contributed by atoms with Crippen LogP contribution in [0.15, 0.2) is 73.3 Å². The molecule has 2 heterocycles. The Hall–Kier alpha value is -2.40. The van der Waals surface area contributed by atoms with Crippen LogP contribution in [0.4, 0.5) is 4.39 Å². The summed E-state index contributed by atoms with van der Waals surface area (Å²) in [6, 6.07) is 13.7. The van der Waals surface area contributed by atoms with Crippen LogP contribution in [0.3, 0.4) is 0 Å². The standard InChI is InChI=1S/C18H16FN2O3P/c1-14(25(22,23)24)20-10-6-15(7-11-20)16-8-12-21(13-9-16)18-4-2-17(19)3-5-18/h2-14H,1H3/p+2. The second kappa shape index (κ2) is 6.84. The van der Waals surface area contributed by atoms with E-state index in [1.165, 1.54) is 23.6 Å². The van der Waals surface area contributed by atoms with Crippen LogP contribution in [-0.4, -0.2) is 9.79 Å². The monoisotopic (exact) mass is 360 g/mol. The number of hydrogen-bond acceptors (Lipinski definition) is 1. The summed E-state index contributed by atoms with van der Waals surface area (Å²) in [5.74, 6) is -1.18. The van der Waals surface area contributed by atoms with Crippen molar-refractivity contribution >= 4 is 7.60 Å². The largest absolute Gasteiger partial charge is 0.392 e. The first-order valence-corrected chi connectivity index (χ1v) is 9.36. The summed E-state index contributed by atoms with van der Waals surface area (Å²) in [5.41, 5.74) is 2.75. The van der Waals surface area contributed by atoms with Crippen LogP contribution < -0.4 is 9.13 Å². The maximum Gasteiger partial charge on any atom is 0.392 e. The molecule has 0 radical (unpaired) electrons. The fraction of sp³-hybridized carbons (Fsp3) is 0.111. The van der Waals surface area contributed by atoms with Gasteiger partial charge in [0.05, 0.1) is 0 Å². The van der Waals surface area contributed by atoms with E-state index in [4.69, 9.17) is 0 Å². The number of hydrogen-bond donors (Lipinski definition) is 2. The predicted molar refractivity (Wildman–Crippen MR) is 90.3 cm³/mol. The van der Waals surface area contributed by atoms with Crippen LogP contribution in [0, 0.1) is 5.82 Å². The fourth-order valence-corrected chi connectivity index (χ4v) is 2.96. The number of benzene rings is 1. The molecular weight excluding hydrogens is 342 g/mol. The topological polar surface area (TPSA) is 65.3 Å². The van der Waals surface area contributed by atoms with Gasteiger partial charge in [-0.05, 0) is 23.3 Å². The van der Waals surface area contributed by atoms with E-state index in [1.54, 1.807) is 24.5 Å². The summed E-state index contributed by atoms with van der Waals surface area (Å²) >= 11 is 0. The van der Waals surface area contributed by atoms with Gasteiger partial charge in [0.15, 0.2) is 24.8 Å². The zero-order chi connectivity index (χ0) is 18.0. The lowest BCUT2D eigenvalue weighted by Crippen LogP contribution is -2.36. The molecule has 1 unspecified atom stereocenters. The van der Waals surface area contributed by atoms with Crippen molar-refractivity contribution in [2.24, 2.45) is 0 Å². The van der Waals surface area contributed by atoms with Crippen molar-refractivity contribution in [3.05, 3.63) is 79.1 Å². The van der Waals surface area contributed by atoms with Crippen molar-refractivity contribution in [2.45, 2.75) is 12.7 Å². The highest BCUT2D eigenvalue weighted by atomic mass is 31.2. The Labute approximate surface area is 144 Å². The zero-order valence-corrected chi connectivity index (χ0v) is 14.4. The minimum absolute atomic E-state index is 0.275. The fourth-order valence-electron chi connectivity index (χ4n) is 2.46. The first kappa shape index (κ1) is 17.4. The lowest BCUT2D eigenvalue weighted by atomic mass is 10.1. The molecule has 0 aliphatic rings. The van der Waals surface area contributed by atoms with Gasteiger partial charge in [-0.15, -0.1) is 0 Å². The summed E-state index contributed by atoms with van der Waals surface area (Å²) in [6.45, 7) is 1.48. The molecule has 2 aromatic heterocycles. The van der Waals surface area contributed by atoms with Crippen molar-refractivity contribution < 1.29 is 27.9 Å². The second-order valence-electron chi connectivity index (χ2n) is 5.73. The molecule has 0 bridgehead atoms. The van der Waals surface area contributed by atoms with Crippen molar-refractivity contribution in [3.8, 4) is 16.8 Å². The molecule has 1 aromatic carbocycles. The van der Waals surface area contributed by atoms with Gasteiger partial charge in [-0.25, -0.2) is 4.39 Å². The molecule has 3 rings (SSSR count). The van der Waals surface area contributed by atoms with Crippen molar-refractivity contribution in [2.75, 3.05) is 0 Å². The molecule has 0 amide bonds. The molecule has 0 saturated carbocycles. The van der Waals surface area contributed by atoms with E-state index >= 15 is 0 Å².